The monoisotopic (exact) mass is 516 g/mol. The zero-order chi connectivity index (χ0) is 23.3. The molecule has 0 unspecified atom stereocenters. The van der Waals surface area contributed by atoms with Crippen LogP contribution in [-0.4, -0.2) is 28.0 Å². The van der Waals surface area contributed by atoms with E-state index in [-0.39, 0.29) is 11.9 Å². The molecule has 1 aliphatic carbocycles. The van der Waals surface area contributed by atoms with Crippen molar-refractivity contribution in [3.8, 4) is 11.6 Å². The van der Waals surface area contributed by atoms with E-state index >= 15 is 0 Å². The second kappa shape index (κ2) is 10.2. The van der Waals surface area contributed by atoms with Gasteiger partial charge in [-0.15, -0.1) is 0 Å². The number of fused-ring (bicyclic) bond motifs is 1. The predicted octanol–water partition coefficient (Wildman–Crippen LogP) is 6.34. The summed E-state index contributed by atoms with van der Waals surface area (Å²) in [6, 6.07) is 23.6. The first-order valence-electron chi connectivity index (χ1n) is 11.5. The molecule has 2 heterocycles. The molecule has 0 bridgehead atoms. The molecule has 2 N–H and O–H groups in total. The molecule has 1 amide bonds. The molecule has 172 valence electrons. The fourth-order valence-electron chi connectivity index (χ4n) is 4.26. The Labute approximate surface area is 206 Å². The molecule has 0 aliphatic heterocycles. The fraction of sp³-hybridized carbons (Fsp3) is 0.222. The van der Waals surface area contributed by atoms with E-state index in [1.54, 1.807) is 18.3 Å². The number of carbonyl (C=O) groups excluding carboxylic acids is 1. The topological polar surface area (TPSA) is 76.1 Å². The van der Waals surface area contributed by atoms with Crippen molar-refractivity contribution in [2.45, 2.75) is 37.8 Å². The number of benzene rings is 2. The smallest absolute Gasteiger partial charge is 0.257 e. The molecular formula is C27H25BrN4O2. The van der Waals surface area contributed by atoms with Gasteiger partial charge in [0.1, 0.15) is 17.1 Å². The van der Waals surface area contributed by atoms with E-state index in [0.29, 0.717) is 23.2 Å². The van der Waals surface area contributed by atoms with E-state index in [0.717, 1.165) is 46.9 Å². The minimum Gasteiger partial charge on any atom is -0.438 e. The summed E-state index contributed by atoms with van der Waals surface area (Å²) in [5.41, 5.74) is 1.43. The van der Waals surface area contributed by atoms with Crippen molar-refractivity contribution in [3.63, 3.8) is 0 Å². The molecule has 2 aromatic heterocycles. The minimum absolute atomic E-state index is 0.121. The highest BCUT2D eigenvalue weighted by Crippen LogP contribution is 2.26. The normalized spacial score (nSPS) is 17.8. The maximum atomic E-state index is 13.0. The van der Waals surface area contributed by atoms with Gasteiger partial charge in [0.25, 0.3) is 5.91 Å². The Hall–Kier alpha value is -3.45. The van der Waals surface area contributed by atoms with Gasteiger partial charge in [-0.25, -0.2) is 9.97 Å². The number of nitrogens with zero attached hydrogens (tertiary/aromatic N) is 2. The molecule has 1 saturated carbocycles. The fourth-order valence-corrected chi connectivity index (χ4v) is 4.52. The van der Waals surface area contributed by atoms with E-state index in [1.807, 2.05) is 48.5 Å². The largest absolute Gasteiger partial charge is 0.438 e. The Bertz CT molecular complexity index is 1290. The number of carbonyl (C=O) groups is 1. The van der Waals surface area contributed by atoms with Gasteiger partial charge >= 0.3 is 0 Å². The molecule has 0 spiro atoms. The van der Waals surface area contributed by atoms with Crippen LogP contribution in [0.5, 0.6) is 11.6 Å². The van der Waals surface area contributed by atoms with Crippen molar-refractivity contribution in [1.29, 1.82) is 0 Å². The molecular weight excluding hydrogens is 492 g/mol. The molecule has 6 nitrogen and oxygen atoms in total. The lowest BCUT2D eigenvalue weighted by molar-refractivity contribution is 0.0923. The highest BCUT2D eigenvalue weighted by Gasteiger charge is 2.24. The lowest BCUT2D eigenvalue weighted by atomic mass is 9.91. The third kappa shape index (κ3) is 5.37. The van der Waals surface area contributed by atoms with Gasteiger partial charge in [-0.1, -0.05) is 34.1 Å². The average molecular weight is 517 g/mol. The van der Waals surface area contributed by atoms with Gasteiger partial charge in [0, 0.05) is 28.1 Å². The van der Waals surface area contributed by atoms with E-state index in [4.69, 9.17) is 9.72 Å². The van der Waals surface area contributed by atoms with Crippen molar-refractivity contribution >= 4 is 38.6 Å². The zero-order valence-corrected chi connectivity index (χ0v) is 20.2. The van der Waals surface area contributed by atoms with Crippen molar-refractivity contribution < 1.29 is 9.53 Å². The predicted molar refractivity (Wildman–Crippen MR) is 137 cm³/mol. The van der Waals surface area contributed by atoms with Crippen LogP contribution >= 0.6 is 15.9 Å². The molecule has 4 aromatic rings. The first-order chi connectivity index (χ1) is 16.6. The standard InChI is InChI=1S/C27H25BrN4O2/c28-19-8-14-22(15-9-19)34-27-23(5-3-17-29-27)26(33)31-21-12-10-20(11-13-21)30-25-16-7-18-4-1-2-6-24(18)32-25/h1-9,14-17,20-21H,10-13H2,(H,30,32)(H,31,33)/t20-,21+. The van der Waals surface area contributed by atoms with Crippen molar-refractivity contribution in [2.24, 2.45) is 0 Å². The highest BCUT2D eigenvalue weighted by atomic mass is 79.9. The second-order valence-corrected chi connectivity index (χ2v) is 9.38. The molecule has 34 heavy (non-hydrogen) atoms. The molecule has 1 fully saturated rings. The Kier molecular flexibility index (Phi) is 6.72. The van der Waals surface area contributed by atoms with Gasteiger partial charge < -0.3 is 15.4 Å². The summed E-state index contributed by atoms with van der Waals surface area (Å²) in [4.78, 5) is 22.0. The van der Waals surface area contributed by atoms with Gasteiger partial charge in [0.05, 0.1) is 5.52 Å². The third-order valence-corrected chi connectivity index (χ3v) is 6.59. The molecule has 0 radical (unpaired) electrons. The number of aromatic nitrogens is 2. The summed E-state index contributed by atoms with van der Waals surface area (Å²) < 4.78 is 6.84. The van der Waals surface area contributed by atoms with Gasteiger partial charge in [-0.3, -0.25) is 4.79 Å². The number of nitrogens with one attached hydrogen (secondary N) is 2. The number of anilines is 1. The SMILES string of the molecule is O=C(N[C@H]1CC[C@@H](Nc2ccc3ccccc3n2)CC1)c1cccnc1Oc1ccc(Br)cc1. The minimum atomic E-state index is -0.159. The van der Waals surface area contributed by atoms with Crippen LogP contribution in [0.25, 0.3) is 10.9 Å². The van der Waals surface area contributed by atoms with E-state index in [2.05, 4.69) is 43.7 Å². The van der Waals surface area contributed by atoms with Crippen LogP contribution < -0.4 is 15.4 Å². The summed E-state index contributed by atoms with van der Waals surface area (Å²) in [5, 5.41) is 7.87. The van der Waals surface area contributed by atoms with Crippen molar-refractivity contribution in [1.82, 2.24) is 15.3 Å². The molecule has 0 saturated heterocycles. The molecule has 7 heteroatoms. The Morgan fingerprint density at radius 2 is 1.65 bits per heavy atom. The van der Waals surface area contributed by atoms with E-state index in [9.17, 15) is 4.79 Å². The van der Waals surface area contributed by atoms with Gasteiger partial charge in [-0.05, 0) is 80.3 Å². The summed E-state index contributed by atoms with van der Waals surface area (Å²) >= 11 is 3.41. The highest BCUT2D eigenvalue weighted by molar-refractivity contribution is 9.10. The zero-order valence-electron chi connectivity index (χ0n) is 18.6. The Balaban J connectivity index is 1.17. The van der Waals surface area contributed by atoms with Crippen LogP contribution in [0.1, 0.15) is 36.0 Å². The van der Waals surface area contributed by atoms with Crippen molar-refractivity contribution in [2.75, 3.05) is 5.32 Å². The van der Waals surface area contributed by atoms with Crippen LogP contribution in [0, 0.1) is 0 Å². The van der Waals surface area contributed by atoms with Crippen LogP contribution in [0.2, 0.25) is 0 Å². The number of halogens is 1. The summed E-state index contributed by atoms with van der Waals surface area (Å²) in [7, 11) is 0. The number of amides is 1. The van der Waals surface area contributed by atoms with Crippen molar-refractivity contribution in [3.05, 3.63) is 89.0 Å². The lowest BCUT2D eigenvalue weighted by Gasteiger charge is -2.30. The Morgan fingerprint density at radius 3 is 2.47 bits per heavy atom. The van der Waals surface area contributed by atoms with Crippen LogP contribution in [-0.2, 0) is 0 Å². The van der Waals surface area contributed by atoms with Gasteiger partial charge in [-0.2, -0.15) is 0 Å². The number of hydrogen-bond donors (Lipinski definition) is 2. The number of rotatable bonds is 6. The number of hydrogen-bond acceptors (Lipinski definition) is 5. The first-order valence-corrected chi connectivity index (χ1v) is 12.2. The van der Waals surface area contributed by atoms with Crippen LogP contribution in [0.4, 0.5) is 5.82 Å². The van der Waals surface area contributed by atoms with E-state index in [1.165, 1.54) is 0 Å². The maximum absolute atomic E-state index is 13.0. The number of pyridine rings is 2. The quantitative estimate of drug-likeness (QED) is 0.312. The number of para-hydroxylation sites is 1. The summed E-state index contributed by atoms with van der Waals surface area (Å²) in [5.74, 6) is 1.67. The molecule has 5 rings (SSSR count). The van der Waals surface area contributed by atoms with Gasteiger partial charge in [0.15, 0.2) is 0 Å². The second-order valence-electron chi connectivity index (χ2n) is 8.47. The summed E-state index contributed by atoms with van der Waals surface area (Å²) in [6.45, 7) is 0. The van der Waals surface area contributed by atoms with Crippen LogP contribution in [0.3, 0.4) is 0 Å². The van der Waals surface area contributed by atoms with Gasteiger partial charge in [0.2, 0.25) is 5.88 Å². The Morgan fingerprint density at radius 1 is 0.882 bits per heavy atom. The number of ether oxygens (including phenoxy) is 1. The molecule has 0 atom stereocenters. The summed E-state index contributed by atoms with van der Waals surface area (Å²) in [6.07, 6.45) is 5.37. The lowest BCUT2D eigenvalue weighted by Crippen LogP contribution is -2.40. The molecule has 2 aromatic carbocycles. The average Bonchev–Trinajstić information content (AvgIpc) is 2.87. The van der Waals surface area contributed by atoms with Crippen LogP contribution in [0.15, 0.2) is 83.5 Å². The van der Waals surface area contributed by atoms with E-state index < -0.39 is 0 Å². The molecule has 1 aliphatic rings. The third-order valence-electron chi connectivity index (χ3n) is 6.06. The first kappa shape index (κ1) is 22.3. The maximum Gasteiger partial charge on any atom is 0.257 e.